The Morgan fingerprint density at radius 3 is 1.41 bits per heavy atom. The van der Waals surface area contributed by atoms with Gasteiger partial charge in [0.25, 0.3) is 0 Å². The lowest BCUT2D eigenvalue weighted by molar-refractivity contribution is -0.180. The van der Waals surface area contributed by atoms with Crippen molar-refractivity contribution in [1.29, 1.82) is 0 Å². The van der Waals surface area contributed by atoms with E-state index in [0.717, 1.165) is 49.6 Å². The van der Waals surface area contributed by atoms with Crippen LogP contribution in [-0.4, -0.2) is 61.3 Å². The summed E-state index contributed by atoms with van der Waals surface area (Å²) in [5.74, 6) is -0.621. The Hall–Kier alpha value is -3.94. The summed E-state index contributed by atoms with van der Waals surface area (Å²) in [6, 6.07) is 13.1. The Balaban J connectivity index is 1.13. The zero-order valence-corrected chi connectivity index (χ0v) is 30.9. The fraction of sp³-hybridized carbons (Fsp3) is 0.561. The lowest BCUT2D eigenvalue weighted by Crippen LogP contribution is -2.46. The van der Waals surface area contributed by atoms with Crippen molar-refractivity contribution in [2.45, 2.75) is 110 Å². The number of nitrogens with zero attached hydrogens (tertiary/aromatic N) is 2. The zero-order valence-electron chi connectivity index (χ0n) is 30.9. The molecule has 2 aliphatic carbocycles. The third-order valence-corrected chi connectivity index (χ3v) is 12.2. The number of aryl methyl sites for hydroxylation is 2. The monoisotopic (exact) mass is 668 g/mol. The minimum Gasteiger partial charge on any atom is -0.458 e. The number of hydrogen-bond acceptors (Lipinski definition) is 6. The Morgan fingerprint density at radius 1 is 0.673 bits per heavy atom. The topological polar surface area (TPSA) is 90.7 Å². The molecule has 0 radical (unpaired) electrons. The molecule has 0 saturated carbocycles. The fourth-order valence-electron chi connectivity index (χ4n) is 9.04. The number of nitrogens with one attached hydrogen (secondary N) is 2. The minimum atomic E-state index is -0.629. The molecule has 2 atom stereocenters. The molecule has 2 N–H and O–H groups in total. The first-order valence-corrected chi connectivity index (χ1v) is 18.5. The maximum Gasteiger partial charge on any atom is 0.317 e. The van der Waals surface area contributed by atoms with Crippen LogP contribution in [0.1, 0.15) is 95.2 Å². The van der Waals surface area contributed by atoms with Gasteiger partial charge in [-0.3, -0.25) is 9.59 Å². The normalized spacial score (nSPS) is 17.9. The summed E-state index contributed by atoms with van der Waals surface area (Å²) in [4.78, 5) is 38.7. The standard InChI is InChI=1S/C41H56N4O4/c1-9-40(10-2,26-13-17-30-32-23-28(44(5)6)15-19-34(32)42-36(30)21-26)48-38(46)25-39(47)49-41(11-3,12-4)27-14-18-31-33-24-29(45(7)8)16-20-35(33)43-37(31)22-27/h15-16,19-20,23-24,26-27,42-43H,9-14,17-18,21-22,25H2,1-8H3. The van der Waals surface area contributed by atoms with Crippen LogP contribution in [-0.2, 0) is 44.7 Å². The number of fused-ring (bicyclic) bond motifs is 6. The van der Waals surface area contributed by atoms with Gasteiger partial charge in [-0.1, -0.05) is 27.7 Å². The number of anilines is 2. The lowest BCUT2D eigenvalue weighted by atomic mass is 9.73. The van der Waals surface area contributed by atoms with Gasteiger partial charge in [-0.05, 0) is 112 Å². The third kappa shape index (κ3) is 6.43. The van der Waals surface area contributed by atoms with Gasteiger partial charge in [-0.2, -0.15) is 0 Å². The van der Waals surface area contributed by atoms with Gasteiger partial charge in [-0.25, -0.2) is 0 Å². The molecule has 0 bridgehead atoms. The minimum absolute atomic E-state index is 0.170. The Kier molecular flexibility index (Phi) is 9.80. The summed E-state index contributed by atoms with van der Waals surface area (Å²) >= 11 is 0. The summed E-state index contributed by atoms with van der Waals surface area (Å²) in [5.41, 5.74) is 8.66. The van der Waals surface area contributed by atoms with Gasteiger partial charge >= 0.3 is 11.9 Å². The van der Waals surface area contributed by atoms with Crippen LogP contribution in [0, 0.1) is 11.8 Å². The predicted molar refractivity (Wildman–Crippen MR) is 200 cm³/mol. The molecule has 2 aromatic heterocycles. The van der Waals surface area contributed by atoms with E-state index in [1.165, 1.54) is 44.7 Å². The van der Waals surface area contributed by atoms with Crippen molar-refractivity contribution in [3.8, 4) is 0 Å². The van der Waals surface area contributed by atoms with E-state index in [1.54, 1.807) is 0 Å². The van der Waals surface area contributed by atoms with E-state index in [0.29, 0.717) is 25.7 Å². The molecule has 49 heavy (non-hydrogen) atoms. The molecule has 8 heteroatoms. The highest BCUT2D eigenvalue weighted by Crippen LogP contribution is 2.43. The number of aromatic amines is 2. The van der Waals surface area contributed by atoms with Gasteiger partial charge in [0.1, 0.15) is 17.6 Å². The van der Waals surface area contributed by atoms with E-state index in [-0.39, 0.29) is 18.3 Å². The van der Waals surface area contributed by atoms with Crippen molar-refractivity contribution in [3.05, 3.63) is 58.9 Å². The van der Waals surface area contributed by atoms with Gasteiger partial charge < -0.3 is 29.2 Å². The fourth-order valence-corrected chi connectivity index (χ4v) is 9.04. The molecule has 0 spiro atoms. The van der Waals surface area contributed by atoms with Crippen LogP contribution in [0.25, 0.3) is 21.8 Å². The van der Waals surface area contributed by atoms with Crippen molar-refractivity contribution in [2.24, 2.45) is 11.8 Å². The van der Waals surface area contributed by atoms with Crippen LogP contribution in [0.15, 0.2) is 36.4 Å². The molecule has 2 aromatic carbocycles. The molecule has 0 fully saturated rings. The molecule has 2 unspecified atom stereocenters. The number of hydrogen-bond donors (Lipinski definition) is 2. The van der Waals surface area contributed by atoms with Crippen LogP contribution < -0.4 is 9.80 Å². The first-order valence-electron chi connectivity index (χ1n) is 18.5. The van der Waals surface area contributed by atoms with Crippen LogP contribution >= 0.6 is 0 Å². The van der Waals surface area contributed by atoms with Crippen LogP contribution in [0.4, 0.5) is 11.4 Å². The summed E-state index contributed by atoms with van der Waals surface area (Å²) in [7, 11) is 8.27. The van der Waals surface area contributed by atoms with Gasteiger partial charge in [0.05, 0.1) is 0 Å². The highest BCUT2D eigenvalue weighted by Gasteiger charge is 2.44. The summed E-state index contributed by atoms with van der Waals surface area (Å²) in [6.45, 7) is 8.39. The molecule has 0 saturated heterocycles. The molecule has 8 nitrogen and oxygen atoms in total. The summed E-state index contributed by atoms with van der Waals surface area (Å²) in [5, 5.41) is 2.57. The number of carbonyl (C=O) groups is 2. The molecule has 2 aliphatic rings. The smallest absolute Gasteiger partial charge is 0.317 e. The molecule has 264 valence electrons. The van der Waals surface area contributed by atoms with Gasteiger partial charge in [0, 0.05) is 84.6 Å². The van der Waals surface area contributed by atoms with Crippen LogP contribution in [0.2, 0.25) is 0 Å². The second-order valence-corrected chi connectivity index (χ2v) is 15.0. The Labute approximate surface area is 291 Å². The van der Waals surface area contributed by atoms with Crippen molar-refractivity contribution in [2.75, 3.05) is 38.0 Å². The maximum atomic E-state index is 13.6. The van der Waals surface area contributed by atoms with E-state index in [2.05, 4.69) is 112 Å². The average Bonchev–Trinajstić information content (AvgIpc) is 3.66. The molecule has 0 amide bonds. The molecule has 6 rings (SSSR count). The van der Waals surface area contributed by atoms with Crippen molar-refractivity contribution in [1.82, 2.24) is 9.97 Å². The molecule has 4 aromatic rings. The third-order valence-electron chi connectivity index (χ3n) is 12.2. The first kappa shape index (κ1) is 34.9. The van der Waals surface area contributed by atoms with E-state index >= 15 is 0 Å². The summed E-state index contributed by atoms with van der Waals surface area (Å²) < 4.78 is 12.7. The first-order chi connectivity index (χ1) is 23.5. The second-order valence-electron chi connectivity index (χ2n) is 15.0. The van der Waals surface area contributed by atoms with Crippen molar-refractivity contribution < 1.29 is 19.1 Å². The predicted octanol–water partition coefficient (Wildman–Crippen LogP) is 8.29. The molecular formula is C41H56N4O4. The van der Waals surface area contributed by atoms with E-state index in [9.17, 15) is 9.59 Å². The zero-order chi connectivity index (χ0) is 35.1. The highest BCUT2D eigenvalue weighted by atomic mass is 16.6. The second kappa shape index (κ2) is 13.8. The van der Waals surface area contributed by atoms with Gasteiger partial charge in [0.2, 0.25) is 0 Å². The number of esters is 2. The number of aromatic nitrogens is 2. The largest absolute Gasteiger partial charge is 0.458 e. The number of H-pyrrole nitrogens is 2. The maximum absolute atomic E-state index is 13.6. The quantitative estimate of drug-likeness (QED) is 0.117. The summed E-state index contributed by atoms with van der Waals surface area (Å²) in [6.07, 6.45) is 7.84. The van der Waals surface area contributed by atoms with E-state index < -0.39 is 23.1 Å². The van der Waals surface area contributed by atoms with E-state index in [4.69, 9.17) is 9.47 Å². The van der Waals surface area contributed by atoms with E-state index in [1.807, 2.05) is 0 Å². The highest BCUT2D eigenvalue weighted by molar-refractivity contribution is 5.92. The van der Waals surface area contributed by atoms with Crippen molar-refractivity contribution >= 4 is 45.1 Å². The lowest BCUT2D eigenvalue weighted by Gasteiger charge is -2.42. The molecule has 0 aliphatic heterocycles. The molecular weight excluding hydrogens is 612 g/mol. The van der Waals surface area contributed by atoms with Crippen LogP contribution in [0.5, 0.6) is 0 Å². The SMILES string of the molecule is CCC(CC)(OC(=O)CC(=O)OC(CC)(CC)C1CCc2c([nH]c3ccc(N(C)C)cc23)C1)C1CCc2c([nH]c3ccc(N(C)C)cc23)C1. The number of rotatable bonds is 12. The van der Waals surface area contributed by atoms with Gasteiger partial charge in [-0.15, -0.1) is 0 Å². The Bertz CT molecular complexity index is 1690. The number of benzene rings is 2. The van der Waals surface area contributed by atoms with Gasteiger partial charge in [0.15, 0.2) is 0 Å². The number of ether oxygens (including phenoxy) is 2. The Morgan fingerprint density at radius 2 is 1.06 bits per heavy atom. The van der Waals surface area contributed by atoms with Crippen LogP contribution in [0.3, 0.4) is 0 Å². The molecule has 2 heterocycles. The van der Waals surface area contributed by atoms with Crippen molar-refractivity contribution in [3.63, 3.8) is 0 Å². The number of carbonyl (C=O) groups excluding carboxylic acids is 2. The average molecular weight is 669 g/mol.